The minimum absolute atomic E-state index is 0.120. The van der Waals surface area contributed by atoms with Crippen molar-refractivity contribution < 1.29 is 0 Å². The molecule has 0 fully saturated rings. The fourth-order valence-corrected chi connectivity index (χ4v) is 3.99. The van der Waals surface area contributed by atoms with Gasteiger partial charge in [-0.3, -0.25) is 9.88 Å². The van der Waals surface area contributed by atoms with Gasteiger partial charge in [0.25, 0.3) is 0 Å². The van der Waals surface area contributed by atoms with E-state index in [0.717, 1.165) is 23.1 Å². The lowest BCUT2D eigenvalue weighted by atomic mass is 10.0. The molecule has 0 saturated carbocycles. The van der Waals surface area contributed by atoms with Crippen LogP contribution < -0.4 is 5.73 Å². The quantitative estimate of drug-likeness (QED) is 0.858. The van der Waals surface area contributed by atoms with Crippen LogP contribution in [0.4, 0.5) is 0 Å². The van der Waals surface area contributed by atoms with Gasteiger partial charge >= 0.3 is 0 Å². The third-order valence-corrected chi connectivity index (χ3v) is 5.13. The zero-order valence-corrected chi connectivity index (χ0v) is 14.2. The van der Waals surface area contributed by atoms with Gasteiger partial charge in [0.15, 0.2) is 0 Å². The third kappa shape index (κ3) is 3.88. The second-order valence-corrected chi connectivity index (χ2v) is 6.78. The summed E-state index contributed by atoms with van der Waals surface area (Å²) in [4.78, 5) is 7.98. The zero-order chi connectivity index (χ0) is 14.5. The summed E-state index contributed by atoms with van der Waals surface area (Å²) < 4.78 is 1.12. The first-order valence-electron chi connectivity index (χ1n) is 6.71. The molecule has 2 rings (SSSR count). The van der Waals surface area contributed by atoms with Crippen molar-refractivity contribution in [2.45, 2.75) is 32.0 Å². The number of likely N-dealkylation sites (N-methyl/N-ethyl adjacent to an activating group) is 1. The molecule has 0 bridgehead atoms. The van der Waals surface area contributed by atoms with Gasteiger partial charge in [-0.1, -0.05) is 13.0 Å². The Labute approximate surface area is 133 Å². The van der Waals surface area contributed by atoms with Gasteiger partial charge in [0.05, 0.1) is 11.7 Å². The summed E-state index contributed by atoms with van der Waals surface area (Å²) in [5, 5.41) is 2.11. The van der Waals surface area contributed by atoms with E-state index in [2.05, 4.69) is 57.3 Å². The van der Waals surface area contributed by atoms with Crippen molar-refractivity contribution in [3.63, 3.8) is 0 Å². The molecule has 0 aliphatic heterocycles. The highest BCUT2D eigenvalue weighted by atomic mass is 79.9. The summed E-state index contributed by atoms with van der Waals surface area (Å²) in [6, 6.07) is 8.52. The first-order valence-corrected chi connectivity index (χ1v) is 8.38. The second kappa shape index (κ2) is 7.31. The van der Waals surface area contributed by atoms with Crippen molar-refractivity contribution >= 4 is 27.3 Å². The summed E-state index contributed by atoms with van der Waals surface area (Å²) in [7, 11) is 2.11. The largest absolute Gasteiger partial charge is 0.326 e. The van der Waals surface area contributed by atoms with Crippen LogP contribution in [-0.4, -0.2) is 23.0 Å². The second-order valence-electron chi connectivity index (χ2n) is 4.92. The van der Waals surface area contributed by atoms with Gasteiger partial charge in [0.1, 0.15) is 0 Å². The minimum atomic E-state index is 0.120. The highest BCUT2D eigenvalue weighted by molar-refractivity contribution is 9.10. The average Bonchev–Trinajstić information content (AvgIpc) is 2.86. The van der Waals surface area contributed by atoms with E-state index in [9.17, 15) is 0 Å². The molecule has 0 aliphatic rings. The lowest BCUT2D eigenvalue weighted by Crippen LogP contribution is -2.38. The Morgan fingerprint density at radius 3 is 2.80 bits per heavy atom. The first-order chi connectivity index (χ1) is 9.61. The predicted octanol–water partition coefficient (Wildman–Crippen LogP) is 3.82. The van der Waals surface area contributed by atoms with E-state index in [-0.39, 0.29) is 12.1 Å². The van der Waals surface area contributed by atoms with Crippen molar-refractivity contribution in [3.8, 4) is 0 Å². The van der Waals surface area contributed by atoms with Crippen LogP contribution in [0.3, 0.4) is 0 Å². The van der Waals surface area contributed by atoms with Crippen LogP contribution in [0.2, 0.25) is 0 Å². The molecule has 0 amide bonds. The van der Waals surface area contributed by atoms with E-state index >= 15 is 0 Å². The molecule has 0 spiro atoms. The summed E-state index contributed by atoms with van der Waals surface area (Å²) >= 11 is 5.28. The Morgan fingerprint density at radius 1 is 1.45 bits per heavy atom. The Bertz CT molecular complexity index is 529. The topological polar surface area (TPSA) is 42.1 Å². The van der Waals surface area contributed by atoms with Crippen LogP contribution in [0, 0.1) is 0 Å². The molecule has 2 N–H and O–H groups in total. The van der Waals surface area contributed by atoms with Crippen molar-refractivity contribution in [3.05, 3.63) is 50.9 Å². The number of rotatable bonds is 6. The van der Waals surface area contributed by atoms with E-state index in [1.165, 1.54) is 4.88 Å². The van der Waals surface area contributed by atoms with Crippen molar-refractivity contribution in [2.75, 3.05) is 7.05 Å². The molecule has 2 aromatic rings. The molecule has 20 heavy (non-hydrogen) atoms. The molecule has 0 aromatic carbocycles. The standard InChI is InChI=1S/C15H20BrN3S/c1-3-13(17)15(14-8-11(16)10-20-14)19(2)9-12-6-4-5-7-18-12/h4-8,10,13,15H,3,9,17H2,1-2H3. The molecule has 0 radical (unpaired) electrons. The van der Waals surface area contributed by atoms with Gasteiger partial charge in [0, 0.05) is 33.5 Å². The van der Waals surface area contributed by atoms with Gasteiger partial charge in [-0.15, -0.1) is 11.3 Å². The molecular weight excluding hydrogens is 334 g/mol. The number of hydrogen-bond acceptors (Lipinski definition) is 4. The summed E-state index contributed by atoms with van der Waals surface area (Å²) in [6.45, 7) is 2.93. The van der Waals surface area contributed by atoms with E-state index in [4.69, 9.17) is 5.73 Å². The van der Waals surface area contributed by atoms with Gasteiger partial charge in [-0.05, 0) is 47.6 Å². The van der Waals surface area contributed by atoms with E-state index in [0.29, 0.717) is 0 Å². The number of thiophene rings is 1. The Kier molecular flexibility index (Phi) is 5.72. The van der Waals surface area contributed by atoms with Crippen LogP contribution in [0.15, 0.2) is 40.3 Å². The number of aromatic nitrogens is 1. The number of pyridine rings is 1. The van der Waals surface area contributed by atoms with Crippen molar-refractivity contribution in [2.24, 2.45) is 5.73 Å². The highest BCUT2D eigenvalue weighted by Crippen LogP contribution is 2.32. The molecule has 2 heterocycles. The van der Waals surface area contributed by atoms with Crippen LogP contribution in [0.5, 0.6) is 0 Å². The molecule has 5 heteroatoms. The molecule has 108 valence electrons. The maximum Gasteiger partial charge on any atom is 0.0594 e. The lowest BCUT2D eigenvalue weighted by Gasteiger charge is -2.31. The number of nitrogens with zero attached hydrogens (tertiary/aromatic N) is 2. The smallest absolute Gasteiger partial charge is 0.0594 e. The van der Waals surface area contributed by atoms with E-state index < -0.39 is 0 Å². The van der Waals surface area contributed by atoms with Gasteiger partial charge in [-0.2, -0.15) is 0 Å². The summed E-state index contributed by atoms with van der Waals surface area (Å²) in [5.41, 5.74) is 7.41. The van der Waals surface area contributed by atoms with Crippen LogP contribution >= 0.6 is 27.3 Å². The Balaban J connectivity index is 2.18. The van der Waals surface area contributed by atoms with E-state index in [1.54, 1.807) is 11.3 Å². The molecular formula is C15H20BrN3S. The molecule has 2 aromatic heterocycles. The minimum Gasteiger partial charge on any atom is -0.326 e. The van der Waals surface area contributed by atoms with E-state index in [1.807, 2.05) is 18.3 Å². The van der Waals surface area contributed by atoms with Gasteiger partial charge < -0.3 is 5.73 Å². The maximum absolute atomic E-state index is 6.34. The predicted molar refractivity (Wildman–Crippen MR) is 88.7 cm³/mol. The van der Waals surface area contributed by atoms with Crippen LogP contribution in [0.25, 0.3) is 0 Å². The molecule has 3 nitrogen and oxygen atoms in total. The summed E-state index contributed by atoms with van der Waals surface area (Å²) in [5.74, 6) is 0. The molecule has 2 atom stereocenters. The van der Waals surface area contributed by atoms with Crippen molar-refractivity contribution in [1.29, 1.82) is 0 Å². The Hall–Kier alpha value is -0.750. The fourth-order valence-electron chi connectivity index (χ4n) is 2.31. The number of halogens is 1. The zero-order valence-electron chi connectivity index (χ0n) is 11.8. The first kappa shape index (κ1) is 15.6. The molecule has 0 aliphatic carbocycles. The number of nitrogens with two attached hydrogens (primary N) is 1. The van der Waals surface area contributed by atoms with Crippen LogP contribution in [0.1, 0.15) is 30.0 Å². The normalized spacial score (nSPS) is 14.4. The summed E-state index contributed by atoms with van der Waals surface area (Å²) in [6.07, 6.45) is 2.78. The third-order valence-electron chi connectivity index (χ3n) is 3.37. The lowest BCUT2D eigenvalue weighted by molar-refractivity contribution is 0.203. The Morgan fingerprint density at radius 2 is 2.25 bits per heavy atom. The van der Waals surface area contributed by atoms with Gasteiger partial charge in [-0.25, -0.2) is 0 Å². The molecule has 0 saturated heterocycles. The van der Waals surface area contributed by atoms with Crippen molar-refractivity contribution in [1.82, 2.24) is 9.88 Å². The molecule has 2 unspecified atom stereocenters. The fraction of sp³-hybridized carbons (Fsp3) is 0.400. The van der Waals surface area contributed by atoms with Crippen LogP contribution in [-0.2, 0) is 6.54 Å². The monoisotopic (exact) mass is 353 g/mol. The SMILES string of the molecule is CCC(N)C(c1cc(Br)cs1)N(C)Cc1ccccn1. The average molecular weight is 354 g/mol. The number of hydrogen-bond donors (Lipinski definition) is 1. The maximum atomic E-state index is 6.34. The van der Waals surface area contributed by atoms with Gasteiger partial charge in [0.2, 0.25) is 0 Å². The highest BCUT2D eigenvalue weighted by Gasteiger charge is 2.24.